The standard InChI is InChI=1S/C11H20N/c1-2-12-8-7-10-5-3-4-6-11(10)9-12/h10-11H,1-9H2. The van der Waals surface area contributed by atoms with Crippen LogP contribution in [-0.2, 0) is 0 Å². The molecule has 2 aliphatic rings. The summed E-state index contributed by atoms with van der Waals surface area (Å²) in [5.41, 5.74) is 0. The van der Waals surface area contributed by atoms with Crippen LogP contribution in [0.3, 0.4) is 0 Å². The van der Waals surface area contributed by atoms with Crippen LogP contribution in [0.2, 0.25) is 0 Å². The zero-order chi connectivity index (χ0) is 8.39. The van der Waals surface area contributed by atoms with Crippen molar-refractivity contribution in [2.24, 2.45) is 11.8 Å². The quantitative estimate of drug-likeness (QED) is 0.578. The van der Waals surface area contributed by atoms with Crippen LogP contribution in [0.4, 0.5) is 0 Å². The largest absolute Gasteiger partial charge is 0.303 e. The van der Waals surface area contributed by atoms with Crippen molar-refractivity contribution in [3.05, 3.63) is 6.92 Å². The topological polar surface area (TPSA) is 3.24 Å². The van der Waals surface area contributed by atoms with Crippen LogP contribution in [0.5, 0.6) is 0 Å². The average Bonchev–Trinajstić information content (AvgIpc) is 2.17. The highest BCUT2D eigenvalue weighted by molar-refractivity contribution is 4.83. The van der Waals surface area contributed by atoms with Crippen LogP contribution in [-0.4, -0.2) is 24.5 Å². The molecule has 1 heteroatoms. The molecule has 69 valence electrons. The van der Waals surface area contributed by atoms with E-state index in [1.807, 2.05) is 0 Å². The van der Waals surface area contributed by atoms with Crippen LogP contribution < -0.4 is 0 Å². The van der Waals surface area contributed by atoms with Crippen molar-refractivity contribution in [2.75, 3.05) is 19.6 Å². The summed E-state index contributed by atoms with van der Waals surface area (Å²) < 4.78 is 0. The lowest BCUT2D eigenvalue weighted by molar-refractivity contribution is 0.0947. The summed E-state index contributed by atoms with van der Waals surface area (Å²) in [6.07, 6.45) is 7.41. The minimum absolute atomic E-state index is 1.02. The maximum Gasteiger partial charge on any atom is 0.00123 e. The lowest BCUT2D eigenvalue weighted by Gasteiger charge is -2.40. The zero-order valence-corrected chi connectivity index (χ0v) is 7.97. The molecule has 2 unspecified atom stereocenters. The summed E-state index contributed by atoms with van der Waals surface area (Å²) in [4.78, 5) is 2.52. The molecule has 12 heavy (non-hydrogen) atoms. The van der Waals surface area contributed by atoms with Gasteiger partial charge < -0.3 is 4.90 Å². The van der Waals surface area contributed by atoms with Gasteiger partial charge in [-0.15, -0.1) is 0 Å². The summed E-state index contributed by atoms with van der Waals surface area (Å²) in [5, 5.41) is 0. The fraction of sp³-hybridized carbons (Fsp3) is 0.909. The van der Waals surface area contributed by atoms with E-state index in [0.29, 0.717) is 0 Å². The molecule has 0 bridgehead atoms. The second kappa shape index (κ2) is 3.78. The van der Waals surface area contributed by atoms with Crippen molar-refractivity contribution >= 4 is 0 Å². The predicted octanol–water partition coefficient (Wildman–Crippen LogP) is 2.33. The molecule has 0 N–H and O–H groups in total. The number of fused-ring (bicyclic) bond motifs is 1. The molecule has 0 aromatic carbocycles. The van der Waals surface area contributed by atoms with Crippen molar-refractivity contribution in [1.29, 1.82) is 0 Å². The molecule has 1 radical (unpaired) electrons. The molecule has 0 aromatic heterocycles. The lowest BCUT2D eigenvalue weighted by atomic mass is 9.75. The van der Waals surface area contributed by atoms with Crippen molar-refractivity contribution < 1.29 is 0 Å². The molecule has 1 aliphatic heterocycles. The minimum Gasteiger partial charge on any atom is -0.303 e. The normalized spacial score (nSPS) is 37.8. The molecule has 1 aliphatic carbocycles. The summed E-state index contributed by atoms with van der Waals surface area (Å²) in [6.45, 7) is 7.64. The van der Waals surface area contributed by atoms with Gasteiger partial charge >= 0.3 is 0 Å². The Morgan fingerprint density at radius 3 is 2.58 bits per heavy atom. The summed E-state index contributed by atoms with van der Waals surface area (Å²) >= 11 is 0. The third kappa shape index (κ3) is 1.66. The van der Waals surface area contributed by atoms with E-state index < -0.39 is 0 Å². The first-order valence-corrected chi connectivity index (χ1v) is 5.42. The fourth-order valence-electron chi connectivity index (χ4n) is 2.88. The first-order valence-electron chi connectivity index (χ1n) is 5.42. The number of hydrogen-bond donors (Lipinski definition) is 0. The Labute approximate surface area is 76.1 Å². The van der Waals surface area contributed by atoms with Gasteiger partial charge in [0.2, 0.25) is 0 Å². The lowest BCUT2D eigenvalue weighted by Crippen LogP contribution is -2.41. The van der Waals surface area contributed by atoms with Crippen molar-refractivity contribution in [3.63, 3.8) is 0 Å². The Balaban J connectivity index is 1.90. The van der Waals surface area contributed by atoms with E-state index in [0.717, 1.165) is 18.4 Å². The number of likely N-dealkylation sites (tertiary alicyclic amines) is 1. The highest BCUT2D eigenvalue weighted by Gasteiger charge is 2.30. The number of nitrogens with zero attached hydrogens (tertiary/aromatic N) is 1. The number of piperidine rings is 1. The summed E-state index contributed by atoms with van der Waals surface area (Å²) in [7, 11) is 0. The van der Waals surface area contributed by atoms with Gasteiger partial charge in [-0.2, -0.15) is 0 Å². The second-order valence-corrected chi connectivity index (χ2v) is 4.39. The van der Waals surface area contributed by atoms with Crippen molar-refractivity contribution in [2.45, 2.75) is 32.1 Å². The Kier molecular flexibility index (Phi) is 2.69. The van der Waals surface area contributed by atoms with Crippen LogP contribution in [0, 0.1) is 18.8 Å². The number of hydrogen-bond acceptors (Lipinski definition) is 1. The van der Waals surface area contributed by atoms with Gasteiger partial charge in [-0.05, 0) is 44.7 Å². The molecule has 0 aromatic rings. The molecule has 1 nitrogen and oxygen atoms in total. The highest BCUT2D eigenvalue weighted by atomic mass is 15.1. The monoisotopic (exact) mass is 166 g/mol. The smallest absolute Gasteiger partial charge is 0.00123 e. The minimum atomic E-state index is 1.02. The van der Waals surface area contributed by atoms with E-state index in [1.165, 1.54) is 45.2 Å². The van der Waals surface area contributed by atoms with Crippen molar-refractivity contribution in [1.82, 2.24) is 4.90 Å². The molecule has 1 heterocycles. The Bertz CT molecular complexity index is 144. The third-order valence-corrected chi connectivity index (χ3v) is 3.69. The van der Waals surface area contributed by atoms with Gasteiger partial charge in [-0.3, -0.25) is 0 Å². The van der Waals surface area contributed by atoms with Gasteiger partial charge in [0.25, 0.3) is 0 Å². The van der Waals surface area contributed by atoms with Crippen LogP contribution >= 0.6 is 0 Å². The molecule has 2 rings (SSSR count). The van der Waals surface area contributed by atoms with E-state index >= 15 is 0 Å². The molecule has 1 saturated carbocycles. The van der Waals surface area contributed by atoms with Gasteiger partial charge in [-0.25, -0.2) is 0 Å². The molecule has 2 atom stereocenters. The van der Waals surface area contributed by atoms with Crippen LogP contribution in [0.15, 0.2) is 0 Å². The second-order valence-electron chi connectivity index (χ2n) is 4.39. The molecule has 0 amide bonds. The van der Waals surface area contributed by atoms with Gasteiger partial charge in [0.05, 0.1) is 0 Å². The van der Waals surface area contributed by atoms with E-state index in [4.69, 9.17) is 0 Å². The highest BCUT2D eigenvalue weighted by Crippen LogP contribution is 2.35. The van der Waals surface area contributed by atoms with Gasteiger partial charge in [0.1, 0.15) is 0 Å². The maximum absolute atomic E-state index is 3.97. The first-order chi connectivity index (χ1) is 5.90. The van der Waals surface area contributed by atoms with Gasteiger partial charge in [-0.1, -0.05) is 19.3 Å². The van der Waals surface area contributed by atoms with E-state index in [9.17, 15) is 0 Å². The molecule has 2 fully saturated rings. The Hall–Kier alpha value is -0.0400. The maximum atomic E-state index is 3.97. The SMILES string of the molecule is [CH2]CN1CCC2CCCCC2C1. The first kappa shape index (κ1) is 8.55. The summed E-state index contributed by atoms with van der Waals surface area (Å²) in [5.74, 6) is 2.09. The Morgan fingerprint density at radius 2 is 1.83 bits per heavy atom. The van der Waals surface area contributed by atoms with E-state index in [2.05, 4.69) is 11.8 Å². The Morgan fingerprint density at radius 1 is 1.08 bits per heavy atom. The average molecular weight is 166 g/mol. The number of rotatable bonds is 1. The van der Waals surface area contributed by atoms with Crippen LogP contribution in [0.1, 0.15) is 32.1 Å². The fourth-order valence-corrected chi connectivity index (χ4v) is 2.88. The molecular weight excluding hydrogens is 146 g/mol. The van der Waals surface area contributed by atoms with Gasteiger partial charge in [0, 0.05) is 6.54 Å². The zero-order valence-electron chi connectivity index (χ0n) is 7.97. The van der Waals surface area contributed by atoms with E-state index in [1.54, 1.807) is 0 Å². The van der Waals surface area contributed by atoms with Gasteiger partial charge in [0.15, 0.2) is 0 Å². The van der Waals surface area contributed by atoms with Crippen LogP contribution in [0.25, 0.3) is 0 Å². The summed E-state index contributed by atoms with van der Waals surface area (Å²) in [6, 6.07) is 0. The predicted molar refractivity (Wildman–Crippen MR) is 51.9 cm³/mol. The molecular formula is C11H20N. The molecule has 0 spiro atoms. The van der Waals surface area contributed by atoms with Crippen molar-refractivity contribution in [3.8, 4) is 0 Å². The third-order valence-electron chi connectivity index (χ3n) is 3.69. The van der Waals surface area contributed by atoms with E-state index in [-0.39, 0.29) is 0 Å². The molecule has 1 saturated heterocycles.